The molecule has 0 aliphatic carbocycles. The summed E-state index contributed by atoms with van der Waals surface area (Å²) in [6, 6.07) is 0. The van der Waals surface area contributed by atoms with E-state index < -0.39 is 24.2 Å². The molecule has 0 rings (SSSR count). The maximum absolute atomic E-state index is 9.78. The van der Waals surface area contributed by atoms with Gasteiger partial charge >= 0.3 is 7.60 Å². The van der Waals surface area contributed by atoms with Crippen LogP contribution >= 0.6 is 7.60 Å². The van der Waals surface area contributed by atoms with Crippen LogP contribution in [0.1, 0.15) is 0 Å². The second-order valence-electron chi connectivity index (χ2n) is 1.12. The highest BCUT2D eigenvalue weighted by Crippen LogP contribution is 2.34. The summed E-state index contributed by atoms with van der Waals surface area (Å²) in [5, 5.41) is 0. The third-order valence-corrected chi connectivity index (χ3v) is 2.51. The average molecular weight is 160 g/mol. The summed E-state index contributed by atoms with van der Waals surface area (Å²) in [7, 11) is -4.27. The molecule has 1 unspecified atom stereocenters. The van der Waals surface area contributed by atoms with Crippen molar-refractivity contribution in [3.8, 4) is 0 Å². The van der Waals surface area contributed by atoms with Gasteiger partial charge in [0, 0.05) is 0 Å². The normalized spacial score (nSPS) is 15.9. The van der Waals surface area contributed by atoms with Crippen LogP contribution in [-0.2, 0) is 15.6 Å². The molecule has 0 radical (unpaired) electrons. The van der Waals surface area contributed by atoms with Crippen molar-refractivity contribution in [2.24, 2.45) is 0 Å². The van der Waals surface area contributed by atoms with E-state index in [0.29, 0.717) is 0 Å². The Balaban J connectivity index is 3.74. The molecule has 3 N–H and O–H groups in total. The van der Waals surface area contributed by atoms with Crippen LogP contribution in [0.2, 0.25) is 0 Å². The topological polar surface area (TPSA) is 94.8 Å². The predicted octanol–water partition coefficient (Wildman–Crippen LogP) is -0.657. The van der Waals surface area contributed by atoms with Crippen molar-refractivity contribution < 1.29 is 23.1 Å². The molecule has 0 aliphatic heterocycles. The first-order chi connectivity index (χ1) is 3.42. The number of rotatable bonds is 2. The third kappa shape index (κ3) is 6.26. The maximum Gasteiger partial charge on any atom is 0.340 e. The lowest BCUT2D eigenvalue weighted by Crippen LogP contribution is -1.94. The van der Waals surface area contributed by atoms with Crippen molar-refractivity contribution >= 4 is 18.7 Å². The smallest absolute Gasteiger partial charge is 0.324 e. The largest absolute Gasteiger partial charge is 0.340 e. The molecule has 0 heterocycles. The molecule has 50 valence electrons. The van der Waals surface area contributed by atoms with Gasteiger partial charge in [0.05, 0.1) is 0 Å². The van der Waals surface area contributed by atoms with E-state index in [1.54, 1.807) is 0 Å². The summed E-state index contributed by atoms with van der Waals surface area (Å²) in [6.07, 6.45) is 0. The van der Waals surface area contributed by atoms with E-state index in [2.05, 4.69) is 0 Å². The lowest BCUT2D eigenvalue weighted by Gasteiger charge is -1.95. The zero-order valence-corrected chi connectivity index (χ0v) is 5.43. The quantitative estimate of drug-likeness (QED) is 0.368. The van der Waals surface area contributed by atoms with E-state index in [0.717, 1.165) is 0 Å². The van der Waals surface area contributed by atoms with Gasteiger partial charge < -0.3 is 14.3 Å². The lowest BCUT2D eigenvalue weighted by molar-refractivity contribution is 0.378. The second-order valence-corrected chi connectivity index (χ2v) is 4.12. The first-order valence-electron chi connectivity index (χ1n) is 1.54. The molecule has 0 saturated carbocycles. The van der Waals surface area contributed by atoms with Gasteiger partial charge in [-0.15, -0.1) is 0 Å². The standard InChI is InChI=1S/CH5O5PS/c2-7(3,4)1-8(5)6/h1H2,(H,5,6)(H2,2,3,4). The molecule has 0 aromatic rings. The Labute approximate surface area is 48.2 Å². The molecule has 8 heavy (non-hydrogen) atoms. The highest BCUT2D eigenvalue weighted by atomic mass is 32.2. The molecule has 7 heteroatoms. The molecular weight excluding hydrogens is 155 g/mol. The van der Waals surface area contributed by atoms with Crippen LogP contribution in [0.15, 0.2) is 0 Å². The zero-order valence-electron chi connectivity index (χ0n) is 3.72. The van der Waals surface area contributed by atoms with Crippen LogP contribution in [0.4, 0.5) is 0 Å². The van der Waals surface area contributed by atoms with Crippen LogP contribution < -0.4 is 0 Å². The Hall–Kier alpha value is 0.260. The average Bonchev–Trinajstić information content (AvgIpc) is 1.21. The number of hydrogen-bond donors (Lipinski definition) is 3. The first-order valence-corrected chi connectivity index (χ1v) is 4.61. The van der Waals surface area contributed by atoms with Gasteiger partial charge in [0.25, 0.3) is 0 Å². The molecule has 0 aromatic carbocycles. The Morgan fingerprint density at radius 3 is 1.88 bits per heavy atom. The molecule has 1 atom stereocenters. The fourth-order valence-electron chi connectivity index (χ4n) is 0.144. The Bertz CT molecular complexity index is 135. The van der Waals surface area contributed by atoms with Crippen LogP contribution in [0, 0.1) is 0 Å². The Kier molecular flexibility index (Phi) is 2.79. The zero-order chi connectivity index (χ0) is 6.78. The van der Waals surface area contributed by atoms with E-state index in [4.69, 9.17) is 14.3 Å². The first kappa shape index (κ1) is 8.26. The predicted molar refractivity (Wildman–Crippen MR) is 27.7 cm³/mol. The molecule has 0 fully saturated rings. The minimum atomic E-state index is -4.27. The van der Waals surface area contributed by atoms with Crippen LogP contribution in [-0.4, -0.2) is 24.0 Å². The fraction of sp³-hybridized carbons (Fsp3) is 1.00. The van der Waals surface area contributed by atoms with Crippen LogP contribution in [0.5, 0.6) is 0 Å². The summed E-state index contributed by atoms with van der Waals surface area (Å²) in [6.45, 7) is 0. The molecule has 5 nitrogen and oxygen atoms in total. The van der Waals surface area contributed by atoms with Crippen LogP contribution in [0.25, 0.3) is 0 Å². The van der Waals surface area contributed by atoms with Gasteiger partial charge in [-0.1, -0.05) is 0 Å². The third-order valence-electron chi connectivity index (χ3n) is 0.279. The highest BCUT2D eigenvalue weighted by molar-refractivity contribution is 7.87. The van der Waals surface area contributed by atoms with Gasteiger partial charge in [-0.2, -0.15) is 0 Å². The van der Waals surface area contributed by atoms with Crippen molar-refractivity contribution in [1.29, 1.82) is 0 Å². The van der Waals surface area contributed by atoms with E-state index in [9.17, 15) is 8.77 Å². The van der Waals surface area contributed by atoms with Gasteiger partial charge in [-0.25, -0.2) is 4.21 Å². The summed E-state index contributed by atoms with van der Waals surface area (Å²) < 4.78 is 27.3. The number of hydrogen-bond acceptors (Lipinski definition) is 2. The highest BCUT2D eigenvalue weighted by Gasteiger charge is 2.15. The maximum atomic E-state index is 9.78. The molecule has 0 bridgehead atoms. The van der Waals surface area contributed by atoms with Gasteiger partial charge in [0.1, 0.15) is 0 Å². The van der Waals surface area contributed by atoms with E-state index in [1.807, 2.05) is 0 Å². The van der Waals surface area contributed by atoms with E-state index in [1.165, 1.54) is 0 Å². The summed E-state index contributed by atoms with van der Waals surface area (Å²) in [5.74, 6) is 0. The van der Waals surface area contributed by atoms with E-state index >= 15 is 0 Å². The molecule has 0 aliphatic rings. The van der Waals surface area contributed by atoms with Gasteiger partial charge in [0.15, 0.2) is 16.6 Å². The van der Waals surface area contributed by atoms with E-state index in [-0.39, 0.29) is 0 Å². The van der Waals surface area contributed by atoms with Crippen molar-refractivity contribution in [2.75, 3.05) is 5.49 Å². The monoisotopic (exact) mass is 160 g/mol. The summed E-state index contributed by atoms with van der Waals surface area (Å²) >= 11 is -2.40. The Morgan fingerprint density at radius 1 is 1.50 bits per heavy atom. The van der Waals surface area contributed by atoms with Gasteiger partial charge in [0.2, 0.25) is 0 Å². The van der Waals surface area contributed by atoms with Gasteiger partial charge in [-0.05, 0) is 0 Å². The fourth-order valence-corrected chi connectivity index (χ4v) is 1.29. The minimum absolute atomic E-state index is 0.979. The molecule has 0 amide bonds. The van der Waals surface area contributed by atoms with Crippen molar-refractivity contribution in [3.63, 3.8) is 0 Å². The SMILES string of the molecule is O=S(O)CP(=O)(O)O. The van der Waals surface area contributed by atoms with Crippen molar-refractivity contribution in [1.82, 2.24) is 0 Å². The molecule has 0 spiro atoms. The molecule has 0 aromatic heterocycles. The molecular formula is CH5O5PS. The van der Waals surface area contributed by atoms with Crippen molar-refractivity contribution in [2.45, 2.75) is 0 Å². The molecule has 0 saturated heterocycles. The van der Waals surface area contributed by atoms with Gasteiger partial charge in [-0.3, -0.25) is 4.57 Å². The minimum Gasteiger partial charge on any atom is -0.324 e. The summed E-state index contributed by atoms with van der Waals surface area (Å²) in [4.78, 5) is 15.9. The Morgan fingerprint density at radius 2 is 1.88 bits per heavy atom. The summed E-state index contributed by atoms with van der Waals surface area (Å²) in [5.41, 5.74) is -0.979. The van der Waals surface area contributed by atoms with Crippen LogP contribution in [0.3, 0.4) is 0 Å². The van der Waals surface area contributed by atoms with Crippen molar-refractivity contribution in [3.05, 3.63) is 0 Å². The lowest BCUT2D eigenvalue weighted by atomic mass is 11.9. The second kappa shape index (κ2) is 2.70.